The zero-order valence-electron chi connectivity index (χ0n) is 9.22. The smallest absolute Gasteiger partial charge is 0.287 e. The molecule has 0 N–H and O–H groups in total. The Hall–Kier alpha value is -1.10. The molecular weight excluding hydrogens is 235 g/mol. The van der Waals surface area contributed by atoms with E-state index in [0.29, 0.717) is 4.88 Å². The molecule has 0 saturated heterocycles. The Morgan fingerprint density at radius 1 is 1.44 bits per heavy atom. The van der Waals surface area contributed by atoms with E-state index in [9.17, 15) is 13.2 Å². The summed E-state index contributed by atoms with van der Waals surface area (Å²) in [7, 11) is 1.37. The maximum atomic E-state index is 12.7. The molecule has 1 aromatic heterocycles. The van der Waals surface area contributed by atoms with Gasteiger partial charge in [-0.2, -0.15) is 13.2 Å². The van der Waals surface area contributed by atoms with Crippen LogP contribution in [0.1, 0.15) is 17.4 Å². The van der Waals surface area contributed by atoms with E-state index in [1.165, 1.54) is 25.3 Å². The summed E-state index contributed by atoms with van der Waals surface area (Å²) in [4.78, 5) is 4.29. The molecule has 0 aromatic carbocycles. The second-order valence-corrected chi connectivity index (χ2v) is 4.17. The summed E-state index contributed by atoms with van der Waals surface area (Å²) < 4.78 is 38.1. The number of aryl methyl sites for hydroxylation is 1. The van der Waals surface area contributed by atoms with E-state index in [2.05, 4.69) is 4.99 Å². The molecule has 0 amide bonds. The van der Waals surface area contributed by atoms with E-state index in [-0.39, 0.29) is 5.71 Å². The molecule has 0 bridgehead atoms. The number of aliphatic imine (C=N–C) groups is 1. The van der Waals surface area contributed by atoms with Crippen LogP contribution in [-0.4, -0.2) is 18.9 Å². The van der Waals surface area contributed by atoms with Crippen molar-refractivity contribution in [3.05, 3.63) is 33.5 Å². The van der Waals surface area contributed by atoms with Crippen LogP contribution < -0.4 is 0 Å². The second kappa shape index (κ2) is 4.82. The van der Waals surface area contributed by atoms with Crippen molar-refractivity contribution in [3.8, 4) is 0 Å². The van der Waals surface area contributed by atoms with Crippen LogP contribution in [0.3, 0.4) is 0 Å². The highest BCUT2D eigenvalue weighted by atomic mass is 32.1. The van der Waals surface area contributed by atoms with Crippen molar-refractivity contribution >= 4 is 17.0 Å². The van der Waals surface area contributed by atoms with E-state index in [0.717, 1.165) is 11.6 Å². The highest BCUT2D eigenvalue weighted by Gasteiger charge is 2.36. The lowest BCUT2D eigenvalue weighted by Crippen LogP contribution is -2.20. The van der Waals surface area contributed by atoms with Gasteiger partial charge in [0.1, 0.15) is 0 Å². The lowest BCUT2D eigenvalue weighted by molar-refractivity contribution is -0.0861. The minimum atomic E-state index is -4.36. The third kappa shape index (κ3) is 2.72. The molecule has 1 rings (SSSR count). The Kier molecular flexibility index (Phi) is 3.91. The Bertz CT molecular complexity index is 427. The van der Waals surface area contributed by atoms with Gasteiger partial charge in [0, 0.05) is 7.05 Å². The highest BCUT2D eigenvalue weighted by molar-refractivity contribution is 7.12. The van der Waals surface area contributed by atoms with Gasteiger partial charge in [-0.1, -0.05) is 6.08 Å². The molecule has 1 aromatic rings. The van der Waals surface area contributed by atoms with Gasteiger partial charge < -0.3 is 0 Å². The summed E-state index contributed by atoms with van der Waals surface area (Å²) in [6.45, 7) is 3.21. The van der Waals surface area contributed by atoms with Gasteiger partial charge in [0.25, 0.3) is 0 Å². The molecule has 1 heterocycles. The summed E-state index contributed by atoms with van der Waals surface area (Å²) in [6.07, 6.45) is -3.31. The van der Waals surface area contributed by atoms with Crippen molar-refractivity contribution in [2.45, 2.75) is 20.0 Å². The number of halogens is 3. The fourth-order valence-corrected chi connectivity index (χ4v) is 2.30. The number of nitrogens with zero attached hydrogens (tertiary/aromatic N) is 1. The monoisotopic (exact) mass is 247 g/mol. The average molecular weight is 247 g/mol. The van der Waals surface area contributed by atoms with E-state index >= 15 is 0 Å². The third-order valence-electron chi connectivity index (χ3n) is 2.04. The first-order valence-electron chi connectivity index (χ1n) is 4.66. The maximum absolute atomic E-state index is 12.7. The van der Waals surface area contributed by atoms with Gasteiger partial charge in [-0.15, -0.1) is 11.3 Å². The largest absolute Gasteiger partial charge is 0.418 e. The van der Waals surface area contributed by atoms with Gasteiger partial charge in [-0.3, -0.25) is 4.99 Å². The molecule has 0 spiro atoms. The third-order valence-corrected chi connectivity index (χ3v) is 3.09. The Labute approximate surface area is 96.3 Å². The molecule has 0 atom stereocenters. The van der Waals surface area contributed by atoms with Crippen molar-refractivity contribution < 1.29 is 13.2 Å². The molecule has 0 aliphatic rings. The molecule has 0 radical (unpaired) electrons. The summed E-state index contributed by atoms with van der Waals surface area (Å²) >= 11 is 1.27. The molecule has 88 valence electrons. The van der Waals surface area contributed by atoms with Crippen molar-refractivity contribution in [2.24, 2.45) is 4.99 Å². The average Bonchev–Trinajstić information content (AvgIpc) is 2.58. The van der Waals surface area contributed by atoms with Gasteiger partial charge in [0.05, 0.1) is 16.2 Å². The quantitative estimate of drug-likeness (QED) is 0.701. The fraction of sp³-hybridized carbons (Fsp3) is 0.364. The fourth-order valence-electron chi connectivity index (χ4n) is 1.35. The van der Waals surface area contributed by atoms with E-state index < -0.39 is 11.7 Å². The molecular formula is C11H12F3NS. The molecule has 1 nitrogen and oxygen atoms in total. The minimum absolute atomic E-state index is 0.00750. The Balaban J connectivity index is 3.19. The molecule has 0 unspecified atom stereocenters. The minimum Gasteiger partial charge on any atom is -0.287 e. The van der Waals surface area contributed by atoms with Crippen LogP contribution in [0.15, 0.2) is 28.1 Å². The van der Waals surface area contributed by atoms with Crippen molar-refractivity contribution in [3.63, 3.8) is 0 Å². The standard InChI is InChI=1S/C11H12F3NS/c1-4-8(11(12,13)14)10(15-3)9-5-7(2)6-16-9/h4-6H,1-3H3/b8-4+,15-10?. The number of allylic oxidation sites excluding steroid dienone is 2. The second-order valence-electron chi connectivity index (χ2n) is 3.26. The van der Waals surface area contributed by atoms with Crippen molar-refractivity contribution in [1.82, 2.24) is 0 Å². The summed E-state index contributed by atoms with van der Waals surface area (Å²) in [5.74, 6) is 0. The van der Waals surface area contributed by atoms with E-state index in [4.69, 9.17) is 0 Å². The van der Waals surface area contributed by atoms with Crippen LogP contribution >= 0.6 is 11.3 Å². The number of thiophene rings is 1. The number of rotatable bonds is 2. The van der Waals surface area contributed by atoms with Gasteiger partial charge in [-0.05, 0) is 30.9 Å². The van der Waals surface area contributed by atoms with Gasteiger partial charge >= 0.3 is 6.18 Å². The van der Waals surface area contributed by atoms with Crippen LogP contribution in [0.5, 0.6) is 0 Å². The number of alkyl halides is 3. The predicted octanol–water partition coefficient (Wildman–Crippen LogP) is 3.98. The van der Waals surface area contributed by atoms with Gasteiger partial charge in [0.2, 0.25) is 0 Å². The Morgan fingerprint density at radius 2 is 2.06 bits per heavy atom. The first kappa shape index (κ1) is 13.0. The lowest BCUT2D eigenvalue weighted by Gasteiger charge is -2.12. The van der Waals surface area contributed by atoms with Crippen LogP contribution in [0.4, 0.5) is 13.2 Å². The van der Waals surface area contributed by atoms with Crippen LogP contribution in [0.2, 0.25) is 0 Å². The molecule has 0 aliphatic heterocycles. The zero-order valence-corrected chi connectivity index (χ0v) is 10.0. The maximum Gasteiger partial charge on any atom is 0.418 e. The number of hydrogen-bond acceptors (Lipinski definition) is 2. The van der Waals surface area contributed by atoms with E-state index in [1.807, 2.05) is 12.3 Å². The van der Waals surface area contributed by atoms with Crippen LogP contribution in [-0.2, 0) is 0 Å². The van der Waals surface area contributed by atoms with Crippen LogP contribution in [0, 0.1) is 6.92 Å². The van der Waals surface area contributed by atoms with Crippen LogP contribution in [0.25, 0.3) is 0 Å². The first-order valence-corrected chi connectivity index (χ1v) is 5.54. The molecule has 0 fully saturated rings. The summed E-state index contributed by atoms with van der Waals surface area (Å²) in [5, 5.41) is 1.81. The van der Waals surface area contributed by atoms with Crippen molar-refractivity contribution in [1.29, 1.82) is 0 Å². The molecule has 0 aliphatic carbocycles. The molecule has 0 saturated carbocycles. The van der Waals surface area contributed by atoms with Gasteiger partial charge in [0.15, 0.2) is 0 Å². The zero-order chi connectivity index (χ0) is 12.3. The topological polar surface area (TPSA) is 12.4 Å². The summed E-state index contributed by atoms with van der Waals surface area (Å²) in [6, 6.07) is 1.71. The lowest BCUT2D eigenvalue weighted by atomic mass is 10.1. The highest BCUT2D eigenvalue weighted by Crippen LogP contribution is 2.30. The molecule has 5 heteroatoms. The summed E-state index contributed by atoms with van der Waals surface area (Å²) in [5.41, 5.74) is 0.267. The normalized spacial score (nSPS) is 14.4. The SMILES string of the molecule is C/C=C(\C(=NC)c1cc(C)cs1)C(F)(F)F. The predicted molar refractivity (Wildman–Crippen MR) is 61.3 cm³/mol. The first-order chi connectivity index (χ1) is 7.40. The number of hydrogen-bond donors (Lipinski definition) is 0. The van der Waals surface area contributed by atoms with Crippen molar-refractivity contribution in [2.75, 3.05) is 7.05 Å². The van der Waals surface area contributed by atoms with E-state index in [1.54, 1.807) is 6.07 Å². The Morgan fingerprint density at radius 3 is 2.38 bits per heavy atom. The van der Waals surface area contributed by atoms with Gasteiger partial charge in [-0.25, -0.2) is 0 Å². The molecule has 16 heavy (non-hydrogen) atoms.